The minimum atomic E-state index is -0.264. The van der Waals surface area contributed by atoms with Crippen molar-refractivity contribution in [2.75, 3.05) is 44.2 Å². The molecule has 3 fully saturated rings. The number of halogens is 1. The predicted octanol–water partition coefficient (Wildman–Crippen LogP) is 3.56. The first-order valence-electron chi connectivity index (χ1n) is 13.0. The number of nitrogens with one attached hydrogen (secondary N) is 1. The summed E-state index contributed by atoms with van der Waals surface area (Å²) in [4.78, 5) is 17.0. The molecular weight excluding hydrogens is 435 g/mol. The Balaban J connectivity index is 0.986. The van der Waals surface area contributed by atoms with E-state index in [0.717, 1.165) is 75.5 Å². The molecule has 0 atom stereocenters. The molecule has 2 saturated carbocycles. The normalized spacial score (nSPS) is 28.1. The summed E-state index contributed by atoms with van der Waals surface area (Å²) in [6.45, 7) is 5.07. The smallest absolute Gasteiger partial charge is 0.220 e. The van der Waals surface area contributed by atoms with Crippen molar-refractivity contribution in [3.63, 3.8) is 0 Å². The monoisotopic (exact) mass is 472 g/mol. The van der Waals surface area contributed by atoms with Gasteiger partial charge in [0.15, 0.2) is 11.4 Å². The summed E-state index contributed by atoms with van der Waals surface area (Å²) in [5.74, 6) is 2.32. The van der Waals surface area contributed by atoms with Crippen molar-refractivity contribution in [1.82, 2.24) is 15.4 Å². The Bertz CT molecular complexity index is 960. The Morgan fingerprint density at radius 1 is 1.09 bits per heavy atom. The molecule has 0 radical (unpaired) electrons. The number of nitrogens with zero attached hydrogens (tertiary/aromatic N) is 3. The van der Waals surface area contributed by atoms with Gasteiger partial charge in [-0.15, -0.1) is 0 Å². The SMILES string of the molecule is O=C(CC1CC(CO)C1)NC1CCC(CCN2CCN(c3noc4ccc(F)cc34)CC2)CC1. The third-order valence-corrected chi connectivity index (χ3v) is 8.22. The molecular formula is C26H37FN4O3. The maximum Gasteiger partial charge on any atom is 0.220 e. The summed E-state index contributed by atoms with van der Waals surface area (Å²) in [7, 11) is 0. The molecule has 1 amide bonds. The molecule has 0 unspecified atom stereocenters. The Labute approximate surface area is 200 Å². The second kappa shape index (κ2) is 10.6. The molecule has 2 N–H and O–H groups in total. The van der Waals surface area contributed by atoms with Crippen molar-refractivity contribution in [2.45, 2.75) is 57.4 Å². The third-order valence-electron chi connectivity index (χ3n) is 8.22. The van der Waals surface area contributed by atoms with Gasteiger partial charge in [-0.1, -0.05) is 5.16 Å². The maximum absolute atomic E-state index is 13.7. The van der Waals surface area contributed by atoms with Gasteiger partial charge in [-0.2, -0.15) is 0 Å². The molecule has 7 nitrogen and oxygen atoms in total. The molecule has 186 valence electrons. The van der Waals surface area contributed by atoms with E-state index in [1.165, 1.54) is 31.4 Å². The average molecular weight is 473 g/mol. The van der Waals surface area contributed by atoms with E-state index in [1.807, 2.05) is 0 Å². The number of aliphatic hydroxyl groups is 1. The molecule has 1 saturated heterocycles. The Morgan fingerprint density at radius 3 is 2.59 bits per heavy atom. The van der Waals surface area contributed by atoms with Crippen LogP contribution in [-0.2, 0) is 4.79 Å². The largest absolute Gasteiger partial charge is 0.396 e. The molecule has 34 heavy (non-hydrogen) atoms. The van der Waals surface area contributed by atoms with E-state index in [2.05, 4.69) is 20.3 Å². The second-order valence-electron chi connectivity index (χ2n) is 10.6. The molecule has 5 rings (SSSR count). The highest BCUT2D eigenvalue weighted by Crippen LogP contribution is 2.36. The van der Waals surface area contributed by atoms with Gasteiger partial charge < -0.3 is 19.8 Å². The lowest BCUT2D eigenvalue weighted by atomic mass is 9.73. The average Bonchev–Trinajstić information content (AvgIpc) is 3.24. The number of anilines is 1. The van der Waals surface area contributed by atoms with Crippen LogP contribution in [0.3, 0.4) is 0 Å². The van der Waals surface area contributed by atoms with Gasteiger partial charge in [-0.3, -0.25) is 9.69 Å². The summed E-state index contributed by atoms with van der Waals surface area (Å²) in [5, 5.41) is 17.3. The number of rotatable bonds is 8. The Hall–Kier alpha value is -2.19. The predicted molar refractivity (Wildman–Crippen MR) is 129 cm³/mol. The van der Waals surface area contributed by atoms with Gasteiger partial charge in [0, 0.05) is 45.2 Å². The molecule has 1 aliphatic heterocycles. The second-order valence-corrected chi connectivity index (χ2v) is 10.6. The van der Waals surface area contributed by atoms with Crippen molar-refractivity contribution in [3.8, 4) is 0 Å². The minimum Gasteiger partial charge on any atom is -0.396 e. The van der Waals surface area contributed by atoms with Crippen molar-refractivity contribution in [2.24, 2.45) is 17.8 Å². The highest BCUT2D eigenvalue weighted by molar-refractivity contribution is 5.88. The van der Waals surface area contributed by atoms with Crippen molar-refractivity contribution in [3.05, 3.63) is 24.0 Å². The van der Waals surface area contributed by atoms with E-state index in [0.29, 0.717) is 29.9 Å². The van der Waals surface area contributed by atoms with Gasteiger partial charge in [-0.05, 0) is 87.4 Å². The zero-order chi connectivity index (χ0) is 23.5. The quantitative estimate of drug-likeness (QED) is 0.611. The molecule has 2 aliphatic carbocycles. The highest BCUT2D eigenvalue weighted by Gasteiger charge is 2.31. The molecule has 0 spiro atoms. The first-order chi connectivity index (χ1) is 16.6. The number of amides is 1. The number of piperazine rings is 1. The lowest BCUT2D eigenvalue weighted by molar-refractivity contribution is -0.124. The van der Waals surface area contributed by atoms with Crippen LogP contribution in [0, 0.1) is 23.6 Å². The number of fused-ring (bicyclic) bond motifs is 1. The number of carbonyl (C=O) groups excluding carboxylic acids is 1. The summed E-state index contributed by atoms with van der Waals surface area (Å²) in [6.07, 6.45) is 8.39. The van der Waals surface area contributed by atoms with Gasteiger partial charge in [0.1, 0.15) is 5.82 Å². The molecule has 0 bridgehead atoms. The highest BCUT2D eigenvalue weighted by atomic mass is 19.1. The maximum atomic E-state index is 13.7. The standard InChI is InChI=1S/C26H37FN4O3/c27-21-3-6-24-23(16-21)26(29-34-24)31-11-9-30(10-12-31)8-7-18-1-4-22(5-2-18)28-25(33)15-19-13-20(14-19)17-32/h3,6,16,18-20,22,32H,1-2,4-5,7-15,17H2,(H,28,33). The summed E-state index contributed by atoms with van der Waals surface area (Å²) >= 11 is 0. The lowest BCUT2D eigenvalue weighted by Crippen LogP contribution is -2.47. The van der Waals surface area contributed by atoms with Crippen LogP contribution in [0.2, 0.25) is 0 Å². The first-order valence-corrected chi connectivity index (χ1v) is 13.0. The van der Waals surface area contributed by atoms with Crippen molar-refractivity contribution < 1.29 is 18.8 Å². The number of hydrogen-bond acceptors (Lipinski definition) is 6. The number of aromatic nitrogens is 1. The first kappa shape index (κ1) is 23.5. The van der Waals surface area contributed by atoms with Crippen LogP contribution in [0.1, 0.15) is 51.4 Å². The van der Waals surface area contributed by atoms with Gasteiger partial charge in [-0.25, -0.2) is 4.39 Å². The van der Waals surface area contributed by atoms with Crippen LogP contribution < -0.4 is 10.2 Å². The Kier molecular flexibility index (Phi) is 7.34. The van der Waals surface area contributed by atoms with E-state index in [4.69, 9.17) is 9.63 Å². The zero-order valence-electron chi connectivity index (χ0n) is 19.9. The molecule has 1 aromatic heterocycles. The van der Waals surface area contributed by atoms with Gasteiger partial charge >= 0.3 is 0 Å². The fourth-order valence-electron chi connectivity index (χ4n) is 6.01. The minimum absolute atomic E-state index is 0.199. The molecule has 8 heteroatoms. The summed E-state index contributed by atoms with van der Waals surface area (Å²) in [6, 6.07) is 4.88. The topological polar surface area (TPSA) is 81.8 Å². The molecule has 2 heterocycles. The third kappa shape index (κ3) is 5.54. The number of carbonyl (C=O) groups is 1. The molecule has 2 aromatic rings. The lowest BCUT2D eigenvalue weighted by Gasteiger charge is -2.36. The summed E-state index contributed by atoms with van der Waals surface area (Å²) in [5.41, 5.74) is 0.629. The van der Waals surface area contributed by atoms with Crippen LogP contribution in [0.5, 0.6) is 0 Å². The van der Waals surface area contributed by atoms with Crippen molar-refractivity contribution >= 4 is 22.7 Å². The van der Waals surface area contributed by atoms with Crippen LogP contribution >= 0.6 is 0 Å². The summed E-state index contributed by atoms with van der Waals surface area (Å²) < 4.78 is 19.0. The van der Waals surface area contributed by atoms with Crippen LogP contribution in [-0.4, -0.2) is 66.4 Å². The van der Waals surface area contributed by atoms with E-state index in [-0.39, 0.29) is 18.3 Å². The van der Waals surface area contributed by atoms with E-state index in [1.54, 1.807) is 6.07 Å². The van der Waals surface area contributed by atoms with Gasteiger partial charge in [0.25, 0.3) is 0 Å². The zero-order valence-corrected chi connectivity index (χ0v) is 19.9. The fourth-order valence-corrected chi connectivity index (χ4v) is 6.01. The number of hydrogen-bond donors (Lipinski definition) is 2. The van der Waals surface area contributed by atoms with E-state index >= 15 is 0 Å². The van der Waals surface area contributed by atoms with Crippen LogP contribution in [0.4, 0.5) is 10.2 Å². The Morgan fingerprint density at radius 2 is 1.85 bits per heavy atom. The van der Waals surface area contributed by atoms with E-state index in [9.17, 15) is 9.18 Å². The fraction of sp³-hybridized carbons (Fsp3) is 0.692. The van der Waals surface area contributed by atoms with Crippen molar-refractivity contribution in [1.29, 1.82) is 0 Å². The number of benzene rings is 1. The van der Waals surface area contributed by atoms with Crippen LogP contribution in [0.25, 0.3) is 11.0 Å². The van der Waals surface area contributed by atoms with E-state index < -0.39 is 0 Å². The van der Waals surface area contributed by atoms with Crippen LogP contribution in [0.15, 0.2) is 22.7 Å². The number of aliphatic hydroxyl groups excluding tert-OH is 1. The molecule has 3 aliphatic rings. The molecule has 1 aromatic carbocycles. The van der Waals surface area contributed by atoms with Gasteiger partial charge in [0.05, 0.1) is 5.39 Å². The van der Waals surface area contributed by atoms with Gasteiger partial charge in [0.2, 0.25) is 5.91 Å².